The minimum Gasteiger partial charge on any atom is -0.454 e. The summed E-state index contributed by atoms with van der Waals surface area (Å²) < 4.78 is 11.9. The first-order valence-electron chi connectivity index (χ1n) is 9.82. The number of benzene rings is 4. The molecule has 0 unspecified atom stereocenters. The van der Waals surface area contributed by atoms with Gasteiger partial charge in [-0.25, -0.2) is 0 Å². The lowest BCUT2D eigenvalue weighted by Crippen LogP contribution is -1.96. The summed E-state index contributed by atoms with van der Waals surface area (Å²) in [6, 6.07) is 21.0. The van der Waals surface area contributed by atoms with Gasteiger partial charge in [0.15, 0.2) is 11.5 Å². The molecule has 0 saturated carbocycles. The summed E-state index contributed by atoms with van der Waals surface area (Å²) in [7, 11) is 0. The summed E-state index contributed by atoms with van der Waals surface area (Å²) in [5, 5.41) is 1.53. The van der Waals surface area contributed by atoms with Crippen molar-refractivity contribution in [1.82, 2.24) is 0 Å². The van der Waals surface area contributed by atoms with E-state index >= 15 is 0 Å². The molecular formula is C25H18Cl4N2O2. The maximum atomic E-state index is 6.67. The zero-order chi connectivity index (χ0) is 23.5. The molecule has 0 aliphatic heterocycles. The van der Waals surface area contributed by atoms with E-state index in [-0.39, 0.29) is 0 Å². The van der Waals surface area contributed by atoms with Crippen LogP contribution in [0.2, 0.25) is 20.1 Å². The summed E-state index contributed by atoms with van der Waals surface area (Å²) in [6.07, 6.45) is 0.405. The molecule has 0 bridgehead atoms. The van der Waals surface area contributed by atoms with Gasteiger partial charge >= 0.3 is 0 Å². The van der Waals surface area contributed by atoms with Gasteiger partial charge in [0.25, 0.3) is 0 Å². The van der Waals surface area contributed by atoms with Crippen molar-refractivity contribution >= 4 is 57.8 Å². The van der Waals surface area contributed by atoms with Crippen LogP contribution < -0.4 is 20.9 Å². The summed E-state index contributed by atoms with van der Waals surface area (Å²) in [6.45, 7) is 0. The summed E-state index contributed by atoms with van der Waals surface area (Å²) in [4.78, 5) is 0. The normalized spacial score (nSPS) is 10.8. The molecule has 0 spiro atoms. The van der Waals surface area contributed by atoms with Crippen LogP contribution in [0.5, 0.6) is 23.0 Å². The van der Waals surface area contributed by atoms with Crippen molar-refractivity contribution in [3.05, 3.63) is 104 Å². The molecule has 4 nitrogen and oxygen atoms in total. The van der Waals surface area contributed by atoms with E-state index in [1.54, 1.807) is 60.7 Å². The Kier molecular flexibility index (Phi) is 7.11. The topological polar surface area (TPSA) is 70.5 Å². The second-order valence-corrected chi connectivity index (χ2v) is 8.79. The number of ether oxygens (including phenoxy) is 2. The van der Waals surface area contributed by atoms with Gasteiger partial charge in [-0.2, -0.15) is 0 Å². The van der Waals surface area contributed by atoms with Crippen LogP contribution in [0.3, 0.4) is 0 Å². The Bertz CT molecular complexity index is 1190. The third kappa shape index (κ3) is 5.43. The van der Waals surface area contributed by atoms with Gasteiger partial charge in [0.1, 0.15) is 11.5 Å². The molecule has 168 valence electrons. The van der Waals surface area contributed by atoms with Crippen molar-refractivity contribution < 1.29 is 9.47 Å². The third-order valence-corrected chi connectivity index (χ3v) is 6.26. The first-order chi connectivity index (χ1) is 15.8. The Morgan fingerprint density at radius 3 is 1.24 bits per heavy atom. The average Bonchev–Trinajstić information content (AvgIpc) is 2.80. The lowest BCUT2D eigenvalue weighted by Gasteiger charge is -2.16. The molecule has 0 saturated heterocycles. The number of rotatable bonds is 6. The standard InChI is InChI=1S/C25H18Cl4N2O2/c26-20-11-1-14(22(28)24(20)32-18-7-3-16(30)4-8-18)13-15-2-12-21(27)25(23(15)29)33-19-9-5-17(31)6-10-19/h1-12H,13,30-31H2. The van der Waals surface area contributed by atoms with Crippen molar-refractivity contribution in [2.75, 3.05) is 11.5 Å². The smallest absolute Gasteiger partial charge is 0.164 e. The third-order valence-electron chi connectivity index (χ3n) is 4.84. The fraction of sp³-hybridized carbons (Fsp3) is 0.0400. The number of hydrogen-bond acceptors (Lipinski definition) is 4. The first kappa shape index (κ1) is 23.4. The van der Waals surface area contributed by atoms with E-state index in [0.717, 1.165) is 11.1 Å². The van der Waals surface area contributed by atoms with E-state index in [1.165, 1.54) is 0 Å². The zero-order valence-electron chi connectivity index (χ0n) is 17.1. The molecule has 0 atom stereocenters. The lowest BCUT2D eigenvalue weighted by molar-refractivity contribution is 0.482. The molecule has 4 aromatic rings. The maximum absolute atomic E-state index is 6.67. The Morgan fingerprint density at radius 2 is 0.879 bits per heavy atom. The fourth-order valence-corrected chi connectivity index (χ4v) is 4.15. The molecule has 8 heteroatoms. The monoisotopic (exact) mass is 518 g/mol. The average molecular weight is 520 g/mol. The van der Waals surface area contributed by atoms with E-state index in [1.807, 2.05) is 12.1 Å². The molecule has 0 aromatic heterocycles. The molecule has 4 rings (SSSR count). The van der Waals surface area contributed by atoms with Gasteiger partial charge in [0, 0.05) is 17.8 Å². The highest BCUT2D eigenvalue weighted by atomic mass is 35.5. The van der Waals surface area contributed by atoms with Gasteiger partial charge in [-0.05, 0) is 71.8 Å². The molecule has 33 heavy (non-hydrogen) atoms. The van der Waals surface area contributed by atoms with Crippen molar-refractivity contribution in [3.63, 3.8) is 0 Å². The van der Waals surface area contributed by atoms with E-state index in [9.17, 15) is 0 Å². The first-order valence-corrected chi connectivity index (χ1v) is 11.3. The van der Waals surface area contributed by atoms with Gasteiger partial charge in [-0.15, -0.1) is 0 Å². The van der Waals surface area contributed by atoms with Crippen molar-refractivity contribution in [2.24, 2.45) is 0 Å². The van der Waals surface area contributed by atoms with E-state index in [0.29, 0.717) is 60.9 Å². The van der Waals surface area contributed by atoms with Gasteiger partial charge in [-0.1, -0.05) is 58.5 Å². The predicted octanol–water partition coefficient (Wildman–Crippen LogP) is 8.64. The van der Waals surface area contributed by atoms with Crippen LogP contribution in [0.1, 0.15) is 11.1 Å². The Balaban J connectivity index is 1.63. The number of anilines is 2. The van der Waals surface area contributed by atoms with Crippen molar-refractivity contribution in [3.8, 4) is 23.0 Å². The highest BCUT2D eigenvalue weighted by molar-refractivity contribution is 6.38. The van der Waals surface area contributed by atoms with Crippen LogP contribution in [0, 0.1) is 0 Å². The maximum Gasteiger partial charge on any atom is 0.164 e. The molecule has 0 radical (unpaired) electrons. The Hall–Kier alpha value is -2.76. The molecule has 0 heterocycles. The van der Waals surface area contributed by atoms with Crippen LogP contribution in [-0.4, -0.2) is 0 Å². The van der Waals surface area contributed by atoms with Gasteiger partial charge in [0.2, 0.25) is 0 Å². The van der Waals surface area contributed by atoms with Crippen LogP contribution in [0.4, 0.5) is 11.4 Å². The zero-order valence-corrected chi connectivity index (χ0v) is 20.1. The SMILES string of the molecule is Nc1ccc(Oc2c(Cl)ccc(Cc3ccc(Cl)c(Oc4ccc(N)cc4)c3Cl)c2Cl)cc1. The van der Waals surface area contributed by atoms with Gasteiger partial charge in [-0.3, -0.25) is 0 Å². The highest BCUT2D eigenvalue weighted by Crippen LogP contribution is 2.42. The molecular weight excluding hydrogens is 502 g/mol. The van der Waals surface area contributed by atoms with Crippen molar-refractivity contribution in [2.45, 2.75) is 6.42 Å². The highest BCUT2D eigenvalue weighted by Gasteiger charge is 2.18. The summed E-state index contributed by atoms with van der Waals surface area (Å²) in [5.74, 6) is 1.83. The Labute approximate surface area is 211 Å². The second kappa shape index (κ2) is 10.0. The summed E-state index contributed by atoms with van der Waals surface area (Å²) in [5.41, 5.74) is 14.3. The number of nitrogen functional groups attached to an aromatic ring is 2. The molecule has 0 amide bonds. The number of halogens is 4. The van der Waals surface area contributed by atoms with Crippen LogP contribution in [0.25, 0.3) is 0 Å². The lowest BCUT2D eigenvalue weighted by atomic mass is 10.0. The van der Waals surface area contributed by atoms with E-state index in [4.69, 9.17) is 67.3 Å². The molecule has 4 aromatic carbocycles. The van der Waals surface area contributed by atoms with Crippen LogP contribution >= 0.6 is 46.4 Å². The minimum absolute atomic E-state index is 0.351. The van der Waals surface area contributed by atoms with Crippen molar-refractivity contribution in [1.29, 1.82) is 0 Å². The van der Waals surface area contributed by atoms with E-state index < -0.39 is 0 Å². The van der Waals surface area contributed by atoms with Gasteiger partial charge < -0.3 is 20.9 Å². The predicted molar refractivity (Wildman–Crippen MR) is 138 cm³/mol. The second-order valence-electron chi connectivity index (χ2n) is 7.22. The Morgan fingerprint density at radius 1 is 0.515 bits per heavy atom. The van der Waals surface area contributed by atoms with Crippen LogP contribution in [0.15, 0.2) is 72.8 Å². The molecule has 4 N–H and O–H groups in total. The fourth-order valence-electron chi connectivity index (χ4n) is 3.12. The summed E-state index contributed by atoms with van der Waals surface area (Å²) >= 11 is 26.0. The van der Waals surface area contributed by atoms with E-state index in [2.05, 4.69) is 0 Å². The quantitative estimate of drug-likeness (QED) is 0.250. The number of nitrogens with two attached hydrogens (primary N) is 2. The molecule has 0 fully saturated rings. The van der Waals surface area contributed by atoms with Crippen LogP contribution in [-0.2, 0) is 6.42 Å². The number of hydrogen-bond donors (Lipinski definition) is 2. The van der Waals surface area contributed by atoms with Gasteiger partial charge in [0.05, 0.1) is 20.1 Å². The molecule has 0 aliphatic carbocycles. The molecule has 0 aliphatic rings. The minimum atomic E-state index is 0.351. The largest absolute Gasteiger partial charge is 0.454 e.